The van der Waals surface area contributed by atoms with E-state index in [2.05, 4.69) is 10.1 Å². The van der Waals surface area contributed by atoms with E-state index in [1.54, 1.807) is 42.6 Å². The van der Waals surface area contributed by atoms with Crippen LogP contribution in [0.4, 0.5) is 5.69 Å². The number of nitrogens with two attached hydrogens (primary N) is 1. The van der Waals surface area contributed by atoms with E-state index in [-0.39, 0.29) is 18.0 Å². The summed E-state index contributed by atoms with van der Waals surface area (Å²) in [7, 11) is 1.27. The van der Waals surface area contributed by atoms with E-state index in [1.807, 2.05) is 0 Å². The van der Waals surface area contributed by atoms with Gasteiger partial charge in [-0.25, -0.2) is 4.79 Å². The third kappa shape index (κ3) is 4.13. The molecular formula is C16H16N3O4+. The van der Waals surface area contributed by atoms with Crippen LogP contribution in [0, 0.1) is 0 Å². The van der Waals surface area contributed by atoms with Crippen molar-refractivity contribution in [3.63, 3.8) is 0 Å². The lowest BCUT2D eigenvalue weighted by Crippen LogP contribution is -2.40. The number of methoxy groups -OCH3 is 1. The predicted molar refractivity (Wildman–Crippen MR) is 81.6 cm³/mol. The van der Waals surface area contributed by atoms with E-state index in [9.17, 15) is 14.4 Å². The molecule has 2 aromatic rings. The minimum Gasteiger partial charge on any atom is -0.465 e. The highest BCUT2D eigenvalue weighted by Gasteiger charge is 2.16. The molecule has 0 aliphatic carbocycles. The van der Waals surface area contributed by atoms with E-state index < -0.39 is 11.9 Å². The van der Waals surface area contributed by atoms with E-state index in [1.165, 1.54) is 17.9 Å². The van der Waals surface area contributed by atoms with Crippen molar-refractivity contribution < 1.29 is 23.7 Å². The number of benzene rings is 1. The fraction of sp³-hybridized carbons (Fsp3) is 0.125. The Morgan fingerprint density at radius 3 is 2.61 bits per heavy atom. The van der Waals surface area contributed by atoms with Crippen LogP contribution in [0.15, 0.2) is 48.8 Å². The van der Waals surface area contributed by atoms with Crippen molar-refractivity contribution in [2.45, 2.75) is 6.54 Å². The first-order valence-corrected chi connectivity index (χ1v) is 6.77. The number of nitrogens with zero attached hydrogens (tertiary/aromatic N) is 1. The van der Waals surface area contributed by atoms with Gasteiger partial charge in [0.2, 0.25) is 6.54 Å². The number of para-hydroxylation sites is 1. The molecule has 7 heteroatoms. The van der Waals surface area contributed by atoms with Gasteiger partial charge in [-0.15, -0.1) is 0 Å². The molecule has 7 nitrogen and oxygen atoms in total. The minimum absolute atomic E-state index is 0.0311. The summed E-state index contributed by atoms with van der Waals surface area (Å²) in [6, 6.07) is 9.71. The van der Waals surface area contributed by atoms with Gasteiger partial charge < -0.3 is 15.8 Å². The maximum absolute atomic E-state index is 12.1. The largest absolute Gasteiger partial charge is 0.465 e. The minimum atomic E-state index is -0.573. The Labute approximate surface area is 132 Å². The van der Waals surface area contributed by atoms with Crippen LogP contribution in [0.3, 0.4) is 0 Å². The molecule has 3 N–H and O–H groups in total. The number of ether oxygens (including phenoxy) is 1. The lowest BCUT2D eigenvalue weighted by molar-refractivity contribution is -0.684. The van der Waals surface area contributed by atoms with E-state index in [0.29, 0.717) is 11.3 Å². The number of anilines is 1. The van der Waals surface area contributed by atoms with Gasteiger partial charge in [0.05, 0.1) is 18.4 Å². The number of carbonyl (C=O) groups excluding carboxylic acids is 3. The first-order valence-electron chi connectivity index (χ1n) is 6.77. The number of amides is 2. The SMILES string of the molecule is COC(=O)c1ccccc1NC(=O)C[n+]1cccc(C(N)=O)c1. The number of esters is 1. The van der Waals surface area contributed by atoms with Crippen molar-refractivity contribution in [3.05, 3.63) is 59.9 Å². The normalized spacial score (nSPS) is 9.96. The topological polar surface area (TPSA) is 102 Å². The van der Waals surface area contributed by atoms with Crippen LogP contribution in [0.1, 0.15) is 20.7 Å². The quantitative estimate of drug-likeness (QED) is 0.619. The molecule has 0 unspecified atom stereocenters. The molecule has 0 aliphatic heterocycles. The fourth-order valence-corrected chi connectivity index (χ4v) is 2.00. The molecule has 118 valence electrons. The lowest BCUT2D eigenvalue weighted by Gasteiger charge is -2.08. The number of hydrogen-bond acceptors (Lipinski definition) is 4. The van der Waals surface area contributed by atoms with Crippen molar-refractivity contribution in [2.24, 2.45) is 5.73 Å². The smallest absolute Gasteiger partial charge is 0.339 e. The molecule has 2 amide bonds. The number of nitrogens with one attached hydrogen (secondary N) is 1. The molecule has 0 aliphatic rings. The molecule has 0 radical (unpaired) electrons. The van der Waals surface area contributed by atoms with Crippen molar-refractivity contribution >= 4 is 23.5 Å². The Morgan fingerprint density at radius 2 is 1.91 bits per heavy atom. The Hall–Kier alpha value is -3.22. The molecule has 0 spiro atoms. The number of aromatic nitrogens is 1. The van der Waals surface area contributed by atoms with Crippen molar-refractivity contribution in [1.82, 2.24) is 0 Å². The van der Waals surface area contributed by atoms with Crippen molar-refractivity contribution in [3.8, 4) is 0 Å². The lowest BCUT2D eigenvalue weighted by atomic mass is 10.2. The van der Waals surface area contributed by atoms with Crippen LogP contribution in [0.2, 0.25) is 0 Å². The van der Waals surface area contributed by atoms with Crippen LogP contribution in [-0.2, 0) is 16.1 Å². The van der Waals surface area contributed by atoms with Gasteiger partial charge in [0.1, 0.15) is 5.56 Å². The molecular weight excluding hydrogens is 298 g/mol. The van der Waals surface area contributed by atoms with E-state index >= 15 is 0 Å². The average Bonchev–Trinajstić information content (AvgIpc) is 2.54. The van der Waals surface area contributed by atoms with Crippen LogP contribution in [0.25, 0.3) is 0 Å². The first kappa shape index (κ1) is 16.2. The highest BCUT2D eigenvalue weighted by molar-refractivity contribution is 6.00. The predicted octanol–water partition coefficient (Wildman–Crippen LogP) is 0.498. The molecule has 1 aromatic carbocycles. The Morgan fingerprint density at radius 1 is 1.17 bits per heavy atom. The highest BCUT2D eigenvalue weighted by atomic mass is 16.5. The van der Waals surface area contributed by atoms with Gasteiger partial charge >= 0.3 is 5.97 Å². The van der Waals surface area contributed by atoms with Gasteiger partial charge in [0.25, 0.3) is 11.8 Å². The molecule has 23 heavy (non-hydrogen) atoms. The van der Waals surface area contributed by atoms with Crippen molar-refractivity contribution in [1.29, 1.82) is 0 Å². The molecule has 1 aromatic heterocycles. The number of rotatable bonds is 5. The second kappa shape index (κ2) is 7.17. The Bertz CT molecular complexity index is 758. The average molecular weight is 314 g/mol. The highest BCUT2D eigenvalue weighted by Crippen LogP contribution is 2.15. The van der Waals surface area contributed by atoms with Gasteiger partial charge in [0.15, 0.2) is 12.4 Å². The molecule has 0 atom stereocenters. The molecule has 0 saturated carbocycles. The molecule has 0 bridgehead atoms. The summed E-state index contributed by atoms with van der Waals surface area (Å²) in [5.74, 6) is -1.46. The molecule has 0 fully saturated rings. The zero-order valence-electron chi connectivity index (χ0n) is 12.5. The zero-order chi connectivity index (χ0) is 16.8. The van der Waals surface area contributed by atoms with E-state index in [4.69, 9.17) is 5.73 Å². The molecule has 1 heterocycles. The Kier molecular flexibility index (Phi) is 5.03. The standard InChI is InChI=1S/C16H15N3O4/c1-23-16(22)12-6-2-3-7-13(12)18-14(20)10-19-8-4-5-11(9-19)15(17)21/h2-9H,10H2,1H3,(H2-,17,18,20,21,22)/p+1. The van der Waals surface area contributed by atoms with Gasteiger partial charge in [-0.1, -0.05) is 12.1 Å². The number of hydrogen-bond donors (Lipinski definition) is 2. The third-order valence-corrected chi connectivity index (χ3v) is 3.08. The number of primary amides is 1. The van der Waals surface area contributed by atoms with Gasteiger partial charge in [-0.05, 0) is 18.2 Å². The summed E-state index contributed by atoms with van der Waals surface area (Å²) < 4.78 is 6.20. The maximum Gasteiger partial charge on any atom is 0.339 e. The Balaban J connectivity index is 2.13. The number of pyridine rings is 1. The van der Waals surface area contributed by atoms with Gasteiger partial charge in [-0.2, -0.15) is 4.57 Å². The van der Waals surface area contributed by atoms with Crippen molar-refractivity contribution in [2.75, 3.05) is 12.4 Å². The summed E-state index contributed by atoms with van der Waals surface area (Å²) in [6.07, 6.45) is 3.12. The van der Waals surface area contributed by atoms with Crippen LogP contribution < -0.4 is 15.6 Å². The van der Waals surface area contributed by atoms with Crippen LogP contribution >= 0.6 is 0 Å². The molecule has 0 saturated heterocycles. The second-order valence-corrected chi connectivity index (χ2v) is 4.71. The third-order valence-electron chi connectivity index (χ3n) is 3.08. The fourth-order valence-electron chi connectivity index (χ4n) is 2.00. The second-order valence-electron chi connectivity index (χ2n) is 4.71. The monoisotopic (exact) mass is 314 g/mol. The van der Waals surface area contributed by atoms with Gasteiger partial charge in [-0.3, -0.25) is 9.59 Å². The van der Waals surface area contributed by atoms with Crippen LogP contribution in [0.5, 0.6) is 0 Å². The summed E-state index contributed by atoms with van der Waals surface area (Å²) in [5, 5.41) is 2.65. The van der Waals surface area contributed by atoms with E-state index in [0.717, 1.165) is 0 Å². The van der Waals surface area contributed by atoms with Gasteiger partial charge in [0, 0.05) is 6.07 Å². The number of carbonyl (C=O) groups is 3. The first-order chi connectivity index (χ1) is 11.0. The summed E-state index contributed by atoms with van der Waals surface area (Å²) in [4.78, 5) is 34.9. The summed E-state index contributed by atoms with van der Waals surface area (Å²) in [5.41, 5.74) is 6.12. The summed E-state index contributed by atoms with van der Waals surface area (Å²) >= 11 is 0. The van der Waals surface area contributed by atoms with Crippen LogP contribution in [-0.4, -0.2) is 24.9 Å². The molecule has 2 rings (SSSR count). The summed E-state index contributed by atoms with van der Waals surface area (Å²) in [6.45, 7) is -0.0311. The zero-order valence-corrected chi connectivity index (χ0v) is 12.5. The maximum atomic E-state index is 12.1.